The molecule has 0 radical (unpaired) electrons. The molecular formula is C14H20N2OS. The lowest BCUT2D eigenvalue weighted by Gasteiger charge is -2.18. The van der Waals surface area contributed by atoms with Crippen LogP contribution >= 0.6 is 12.2 Å². The standard InChI is InChI=1S/C14H20N2OS/c1-14(2,3)7-8-16-12-9-10(17-4)5-6-11(12)15-13(16)18/h5-6,9H,7-8H2,1-4H3,(H,15,18). The first kappa shape index (κ1) is 13.1. The lowest BCUT2D eigenvalue weighted by Crippen LogP contribution is -2.10. The van der Waals surface area contributed by atoms with Crippen molar-refractivity contribution < 1.29 is 4.74 Å². The van der Waals surface area contributed by atoms with Gasteiger partial charge < -0.3 is 14.3 Å². The minimum Gasteiger partial charge on any atom is -0.497 e. The maximum absolute atomic E-state index is 5.39. The van der Waals surface area contributed by atoms with Crippen molar-refractivity contribution in [3.05, 3.63) is 23.0 Å². The molecule has 4 heteroatoms. The topological polar surface area (TPSA) is 29.9 Å². The maximum Gasteiger partial charge on any atom is 0.178 e. The van der Waals surface area contributed by atoms with Crippen LogP contribution in [0.4, 0.5) is 0 Å². The zero-order valence-corrected chi connectivity index (χ0v) is 12.2. The van der Waals surface area contributed by atoms with Crippen LogP contribution in [-0.4, -0.2) is 16.7 Å². The molecule has 1 aromatic carbocycles. The lowest BCUT2D eigenvalue weighted by molar-refractivity contribution is 0.351. The zero-order valence-electron chi connectivity index (χ0n) is 11.4. The van der Waals surface area contributed by atoms with Crippen molar-refractivity contribution in [1.82, 2.24) is 9.55 Å². The summed E-state index contributed by atoms with van der Waals surface area (Å²) < 4.78 is 8.20. The van der Waals surface area contributed by atoms with E-state index < -0.39 is 0 Å². The van der Waals surface area contributed by atoms with Gasteiger partial charge >= 0.3 is 0 Å². The Hall–Kier alpha value is -1.29. The number of imidazole rings is 1. The summed E-state index contributed by atoms with van der Waals surface area (Å²) in [5, 5.41) is 0. The average Bonchev–Trinajstić information content (AvgIpc) is 2.60. The van der Waals surface area contributed by atoms with Gasteiger partial charge in [0.1, 0.15) is 5.75 Å². The monoisotopic (exact) mass is 264 g/mol. The first-order chi connectivity index (χ1) is 8.40. The Kier molecular flexibility index (Phi) is 3.48. The molecular weight excluding hydrogens is 244 g/mol. The van der Waals surface area contributed by atoms with E-state index in [0.717, 1.165) is 34.5 Å². The molecule has 0 atom stereocenters. The Morgan fingerprint density at radius 3 is 2.67 bits per heavy atom. The second kappa shape index (κ2) is 4.76. The molecule has 3 nitrogen and oxygen atoms in total. The molecule has 0 fully saturated rings. The van der Waals surface area contributed by atoms with Gasteiger partial charge in [0.2, 0.25) is 0 Å². The molecule has 0 amide bonds. The number of hydrogen-bond acceptors (Lipinski definition) is 2. The van der Waals surface area contributed by atoms with Gasteiger partial charge in [0.05, 0.1) is 18.1 Å². The van der Waals surface area contributed by atoms with Crippen LogP contribution in [0.1, 0.15) is 27.2 Å². The maximum atomic E-state index is 5.39. The molecule has 0 saturated heterocycles. The second-order valence-corrected chi connectivity index (χ2v) is 6.16. The predicted octanol–water partition coefficient (Wildman–Crippen LogP) is 4.14. The molecule has 0 bridgehead atoms. The summed E-state index contributed by atoms with van der Waals surface area (Å²) in [5.41, 5.74) is 2.48. The highest BCUT2D eigenvalue weighted by Crippen LogP contribution is 2.24. The summed E-state index contributed by atoms with van der Waals surface area (Å²) in [5.74, 6) is 0.862. The molecule has 0 spiro atoms. The predicted molar refractivity (Wildman–Crippen MR) is 77.7 cm³/mol. The number of ether oxygens (including phenoxy) is 1. The van der Waals surface area contributed by atoms with Gasteiger partial charge in [-0.15, -0.1) is 0 Å². The van der Waals surface area contributed by atoms with Gasteiger partial charge in [0, 0.05) is 12.6 Å². The van der Waals surface area contributed by atoms with Gasteiger partial charge in [-0.2, -0.15) is 0 Å². The van der Waals surface area contributed by atoms with Crippen molar-refractivity contribution in [3.63, 3.8) is 0 Å². The first-order valence-corrected chi connectivity index (χ1v) is 6.58. The van der Waals surface area contributed by atoms with Crippen LogP contribution in [0.3, 0.4) is 0 Å². The third-order valence-electron chi connectivity index (χ3n) is 3.07. The summed E-state index contributed by atoms with van der Waals surface area (Å²) in [4.78, 5) is 3.24. The number of aromatic nitrogens is 2. The van der Waals surface area contributed by atoms with E-state index in [1.165, 1.54) is 0 Å². The van der Waals surface area contributed by atoms with Crippen molar-refractivity contribution in [2.75, 3.05) is 7.11 Å². The van der Waals surface area contributed by atoms with E-state index in [1.807, 2.05) is 18.2 Å². The fraction of sp³-hybridized carbons (Fsp3) is 0.500. The average molecular weight is 264 g/mol. The van der Waals surface area contributed by atoms with E-state index in [0.29, 0.717) is 5.41 Å². The molecule has 2 aromatic rings. The zero-order chi connectivity index (χ0) is 13.3. The Morgan fingerprint density at radius 1 is 1.33 bits per heavy atom. The highest BCUT2D eigenvalue weighted by molar-refractivity contribution is 7.71. The number of fused-ring (bicyclic) bond motifs is 1. The summed E-state index contributed by atoms with van der Waals surface area (Å²) in [6, 6.07) is 5.99. The third-order valence-corrected chi connectivity index (χ3v) is 3.39. The summed E-state index contributed by atoms with van der Waals surface area (Å²) in [7, 11) is 1.68. The van der Waals surface area contributed by atoms with E-state index in [2.05, 4.69) is 30.3 Å². The quantitative estimate of drug-likeness (QED) is 0.844. The molecule has 0 aliphatic rings. The minimum absolute atomic E-state index is 0.303. The molecule has 1 N–H and O–H groups in total. The fourth-order valence-electron chi connectivity index (χ4n) is 1.93. The molecule has 98 valence electrons. The van der Waals surface area contributed by atoms with Crippen LogP contribution in [0.25, 0.3) is 11.0 Å². The molecule has 0 saturated carbocycles. The van der Waals surface area contributed by atoms with E-state index in [-0.39, 0.29) is 0 Å². The van der Waals surface area contributed by atoms with E-state index in [9.17, 15) is 0 Å². The number of rotatable bonds is 3. The smallest absolute Gasteiger partial charge is 0.178 e. The van der Waals surface area contributed by atoms with Crippen molar-refractivity contribution >= 4 is 23.3 Å². The summed E-state index contributed by atoms with van der Waals surface area (Å²) in [6.45, 7) is 7.65. The fourth-order valence-corrected chi connectivity index (χ4v) is 2.23. The van der Waals surface area contributed by atoms with Crippen LogP contribution in [-0.2, 0) is 6.54 Å². The number of aromatic amines is 1. The Balaban J connectivity index is 2.42. The highest BCUT2D eigenvalue weighted by atomic mass is 32.1. The Labute approximate surface area is 113 Å². The van der Waals surface area contributed by atoms with Crippen molar-refractivity contribution in [2.24, 2.45) is 5.41 Å². The molecule has 0 aliphatic heterocycles. The highest BCUT2D eigenvalue weighted by Gasteiger charge is 2.12. The van der Waals surface area contributed by atoms with E-state index in [1.54, 1.807) is 7.11 Å². The van der Waals surface area contributed by atoms with Gasteiger partial charge in [0.25, 0.3) is 0 Å². The SMILES string of the molecule is COc1ccc2[nH]c(=S)n(CCC(C)(C)C)c2c1. The molecule has 18 heavy (non-hydrogen) atoms. The normalized spacial score (nSPS) is 12.0. The van der Waals surface area contributed by atoms with E-state index in [4.69, 9.17) is 17.0 Å². The van der Waals surface area contributed by atoms with Crippen molar-refractivity contribution in [2.45, 2.75) is 33.7 Å². The number of H-pyrrole nitrogens is 1. The number of methoxy groups -OCH3 is 1. The van der Waals surface area contributed by atoms with Crippen molar-refractivity contribution in [3.8, 4) is 5.75 Å². The first-order valence-electron chi connectivity index (χ1n) is 6.17. The number of nitrogens with one attached hydrogen (secondary N) is 1. The number of benzene rings is 1. The Morgan fingerprint density at radius 2 is 2.06 bits per heavy atom. The molecule has 1 heterocycles. The van der Waals surface area contributed by atoms with Gasteiger partial charge in [-0.1, -0.05) is 20.8 Å². The van der Waals surface area contributed by atoms with Crippen LogP contribution in [0, 0.1) is 10.2 Å². The van der Waals surface area contributed by atoms with Crippen LogP contribution in [0.5, 0.6) is 5.75 Å². The molecule has 0 unspecified atom stereocenters. The van der Waals surface area contributed by atoms with Gasteiger partial charge in [-0.05, 0) is 36.2 Å². The molecule has 2 rings (SSSR count). The van der Waals surface area contributed by atoms with Crippen molar-refractivity contribution in [1.29, 1.82) is 0 Å². The van der Waals surface area contributed by atoms with Gasteiger partial charge in [0.15, 0.2) is 4.77 Å². The third kappa shape index (κ3) is 2.75. The summed E-state index contributed by atoms with van der Waals surface area (Å²) >= 11 is 5.39. The largest absolute Gasteiger partial charge is 0.497 e. The Bertz CT molecular complexity index is 604. The second-order valence-electron chi connectivity index (χ2n) is 5.78. The minimum atomic E-state index is 0.303. The number of nitrogens with zero attached hydrogens (tertiary/aromatic N) is 1. The van der Waals surface area contributed by atoms with E-state index >= 15 is 0 Å². The number of hydrogen-bond donors (Lipinski definition) is 1. The van der Waals surface area contributed by atoms with Gasteiger partial charge in [-0.25, -0.2) is 0 Å². The van der Waals surface area contributed by atoms with Crippen LogP contribution < -0.4 is 4.74 Å². The van der Waals surface area contributed by atoms with Crippen LogP contribution in [0.15, 0.2) is 18.2 Å². The summed E-state index contributed by atoms with van der Waals surface area (Å²) in [6.07, 6.45) is 1.09. The molecule has 1 aromatic heterocycles. The lowest BCUT2D eigenvalue weighted by atomic mass is 9.92. The van der Waals surface area contributed by atoms with Crippen LogP contribution in [0.2, 0.25) is 0 Å². The van der Waals surface area contributed by atoms with Gasteiger partial charge in [-0.3, -0.25) is 0 Å². The molecule has 0 aliphatic carbocycles. The number of aryl methyl sites for hydroxylation is 1.